The molecule has 25 heavy (non-hydrogen) atoms. The number of hydrogen-bond donors (Lipinski definition) is 0. The van der Waals surface area contributed by atoms with Crippen LogP contribution in [0.4, 0.5) is 5.88 Å². The van der Waals surface area contributed by atoms with Gasteiger partial charge in [-0.25, -0.2) is 0 Å². The summed E-state index contributed by atoms with van der Waals surface area (Å²) in [5.74, 6) is 0.747. The molecule has 1 aliphatic heterocycles. The van der Waals surface area contributed by atoms with Crippen LogP contribution in [0.2, 0.25) is 0 Å². The number of benzene rings is 2. The van der Waals surface area contributed by atoms with Crippen LogP contribution in [0.25, 0.3) is 11.1 Å². The molecule has 0 spiro atoms. The Morgan fingerprint density at radius 1 is 0.960 bits per heavy atom. The van der Waals surface area contributed by atoms with Gasteiger partial charge in [0.05, 0.1) is 5.69 Å². The molecule has 4 heteroatoms. The normalized spacial score (nSPS) is 16.2. The zero-order chi connectivity index (χ0) is 17.2. The third-order valence-electron chi connectivity index (χ3n) is 4.61. The largest absolute Gasteiger partial charge is 0.476 e. The molecule has 0 radical (unpaired) electrons. The van der Waals surface area contributed by atoms with Crippen molar-refractivity contribution in [2.45, 2.75) is 26.5 Å². The van der Waals surface area contributed by atoms with Crippen molar-refractivity contribution in [3.8, 4) is 11.1 Å². The predicted octanol–water partition coefficient (Wildman–Crippen LogP) is 4.84. The average molecular weight is 332 g/mol. The number of hydrogen-bond acceptors (Lipinski definition) is 4. The highest BCUT2D eigenvalue weighted by molar-refractivity contribution is 5.63. The van der Waals surface area contributed by atoms with Crippen molar-refractivity contribution in [1.29, 1.82) is 0 Å². The molecule has 1 aliphatic rings. The second kappa shape index (κ2) is 6.48. The van der Waals surface area contributed by atoms with E-state index in [-0.39, 0.29) is 6.23 Å². The van der Waals surface area contributed by atoms with E-state index in [0.717, 1.165) is 23.6 Å². The fourth-order valence-electron chi connectivity index (χ4n) is 3.01. The fraction of sp³-hybridized carbons (Fsp3) is 0.190. The van der Waals surface area contributed by atoms with E-state index in [1.807, 2.05) is 31.0 Å². The summed E-state index contributed by atoms with van der Waals surface area (Å²) >= 11 is 0. The minimum Gasteiger partial charge on any atom is -0.476 e. The van der Waals surface area contributed by atoms with Crippen molar-refractivity contribution in [2.75, 3.05) is 4.90 Å². The Bertz CT molecular complexity index is 882. The van der Waals surface area contributed by atoms with E-state index in [1.165, 1.54) is 16.7 Å². The van der Waals surface area contributed by atoms with E-state index in [2.05, 4.69) is 53.7 Å². The molecule has 0 aliphatic carbocycles. The van der Waals surface area contributed by atoms with Gasteiger partial charge in [0.25, 0.3) is 0 Å². The van der Waals surface area contributed by atoms with Gasteiger partial charge in [-0.05, 0) is 30.5 Å². The summed E-state index contributed by atoms with van der Waals surface area (Å²) in [6.07, 6.45) is 4.26. The van der Waals surface area contributed by atoms with Crippen LogP contribution in [0.5, 0.6) is 0 Å². The minimum absolute atomic E-state index is 0.117. The maximum absolute atomic E-state index is 5.76. The van der Waals surface area contributed by atoms with E-state index in [0.29, 0.717) is 0 Å². The Morgan fingerprint density at radius 2 is 1.68 bits per heavy atom. The Morgan fingerprint density at radius 3 is 2.36 bits per heavy atom. The monoisotopic (exact) mass is 332 g/mol. The zero-order valence-electron chi connectivity index (χ0n) is 14.3. The summed E-state index contributed by atoms with van der Waals surface area (Å²) in [4.78, 5) is 2.00. The Hall–Kier alpha value is -3.01. The number of rotatable bonds is 4. The molecule has 126 valence electrons. The number of aryl methyl sites for hydroxylation is 1. The van der Waals surface area contributed by atoms with Crippen molar-refractivity contribution in [1.82, 2.24) is 5.16 Å². The average Bonchev–Trinajstić information content (AvgIpc) is 3.23. The van der Waals surface area contributed by atoms with Gasteiger partial charge in [-0.1, -0.05) is 59.8 Å². The van der Waals surface area contributed by atoms with E-state index in [1.54, 1.807) is 6.26 Å². The highest BCUT2D eigenvalue weighted by Crippen LogP contribution is 2.29. The van der Waals surface area contributed by atoms with Crippen LogP contribution in [-0.4, -0.2) is 11.4 Å². The lowest BCUT2D eigenvalue weighted by Gasteiger charge is -2.22. The first-order chi connectivity index (χ1) is 12.2. The molecule has 4 nitrogen and oxygen atoms in total. The van der Waals surface area contributed by atoms with Crippen LogP contribution in [-0.2, 0) is 11.2 Å². The Labute approximate surface area is 147 Å². The summed E-state index contributed by atoms with van der Waals surface area (Å²) in [7, 11) is 0. The molecular formula is C21H20N2O2. The summed E-state index contributed by atoms with van der Waals surface area (Å²) in [5, 5.41) is 4.04. The molecule has 1 unspecified atom stereocenters. The van der Waals surface area contributed by atoms with Crippen LogP contribution < -0.4 is 4.90 Å². The molecule has 1 atom stereocenters. The molecule has 0 fully saturated rings. The SMILES string of the molecule is Cc1noc(N2C=COC2Cc2ccc(-c3ccccc3)cc2)c1C. The number of aromatic nitrogens is 1. The van der Waals surface area contributed by atoms with E-state index in [9.17, 15) is 0 Å². The van der Waals surface area contributed by atoms with Crippen molar-refractivity contribution < 1.29 is 9.26 Å². The number of nitrogens with zero attached hydrogens (tertiary/aromatic N) is 2. The summed E-state index contributed by atoms with van der Waals surface area (Å²) in [6.45, 7) is 3.96. The maximum Gasteiger partial charge on any atom is 0.237 e. The topological polar surface area (TPSA) is 38.5 Å². The lowest BCUT2D eigenvalue weighted by Crippen LogP contribution is -2.30. The van der Waals surface area contributed by atoms with Crippen LogP contribution in [0, 0.1) is 13.8 Å². The van der Waals surface area contributed by atoms with Crippen LogP contribution in [0.1, 0.15) is 16.8 Å². The molecule has 0 N–H and O–H groups in total. The molecule has 1 aromatic heterocycles. The van der Waals surface area contributed by atoms with Crippen molar-refractivity contribution in [3.05, 3.63) is 83.9 Å². The van der Waals surface area contributed by atoms with Gasteiger partial charge in [0.15, 0.2) is 6.23 Å². The van der Waals surface area contributed by atoms with Gasteiger partial charge in [-0.15, -0.1) is 0 Å². The Kier molecular flexibility index (Phi) is 4.02. The molecule has 0 amide bonds. The van der Waals surface area contributed by atoms with E-state index < -0.39 is 0 Å². The maximum atomic E-state index is 5.76. The second-order valence-electron chi connectivity index (χ2n) is 6.25. The minimum atomic E-state index is -0.117. The second-order valence-corrected chi connectivity index (χ2v) is 6.25. The van der Waals surface area contributed by atoms with Gasteiger partial charge in [0.1, 0.15) is 6.26 Å². The zero-order valence-corrected chi connectivity index (χ0v) is 14.3. The first-order valence-corrected chi connectivity index (χ1v) is 8.40. The van der Waals surface area contributed by atoms with E-state index >= 15 is 0 Å². The molecule has 0 saturated heterocycles. The van der Waals surface area contributed by atoms with Gasteiger partial charge in [-0.3, -0.25) is 4.90 Å². The highest BCUT2D eigenvalue weighted by atomic mass is 16.5. The lowest BCUT2D eigenvalue weighted by molar-refractivity contribution is 0.167. The number of ether oxygens (including phenoxy) is 1. The summed E-state index contributed by atoms with van der Waals surface area (Å²) < 4.78 is 11.2. The molecule has 4 rings (SSSR count). The van der Waals surface area contributed by atoms with Crippen molar-refractivity contribution >= 4 is 5.88 Å². The molecular weight excluding hydrogens is 312 g/mol. The quantitative estimate of drug-likeness (QED) is 0.685. The standard InChI is InChI=1S/C21H20N2O2/c1-15-16(2)22-25-21(15)23-12-13-24-20(23)14-17-8-10-19(11-9-17)18-6-4-3-5-7-18/h3-13,20H,14H2,1-2H3. The van der Waals surface area contributed by atoms with Gasteiger partial charge < -0.3 is 9.26 Å². The summed E-state index contributed by atoms with van der Waals surface area (Å²) in [6, 6.07) is 19.0. The van der Waals surface area contributed by atoms with Crippen molar-refractivity contribution in [2.24, 2.45) is 0 Å². The molecule has 0 saturated carbocycles. The third-order valence-corrected chi connectivity index (χ3v) is 4.61. The van der Waals surface area contributed by atoms with Crippen LogP contribution >= 0.6 is 0 Å². The van der Waals surface area contributed by atoms with Gasteiger partial charge in [0, 0.05) is 18.2 Å². The molecule has 2 heterocycles. The van der Waals surface area contributed by atoms with Gasteiger partial charge in [0.2, 0.25) is 5.88 Å². The van der Waals surface area contributed by atoms with Crippen LogP contribution in [0.3, 0.4) is 0 Å². The number of anilines is 1. The Balaban J connectivity index is 1.51. The smallest absolute Gasteiger partial charge is 0.237 e. The predicted molar refractivity (Wildman–Crippen MR) is 98.1 cm³/mol. The fourth-order valence-corrected chi connectivity index (χ4v) is 3.01. The molecule has 3 aromatic rings. The van der Waals surface area contributed by atoms with Gasteiger partial charge in [-0.2, -0.15) is 0 Å². The van der Waals surface area contributed by atoms with Gasteiger partial charge >= 0.3 is 0 Å². The molecule has 0 bridgehead atoms. The van der Waals surface area contributed by atoms with E-state index in [4.69, 9.17) is 9.26 Å². The lowest BCUT2D eigenvalue weighted by atomic mass is 10.0. The molecule has 2 aromatic carbocycles. The first-order valence-electron chi connectivity index (χ1n) is 8.40. The highest BCUT2D eigenvalue weighted by Gasteiger charge is 2.27. The third kappa shape index (κ3) is 3.03. The van der Waals surface area contributed by atoms with Crippen LogP contribution in [0.15, 0.2) is 71.6 Å². The van der Waals surface area contributed by atoms with Crippen molar-refractivity contribution in [3.63, 3.8) is 0 Å². The summed E-state index contributed by atoms with van der Waals surface area (Å²) in [5.41, 5.74) is 5.60. The first kappa shape index (κ1) is 15.5.